The van der Waals surface area contributed by atoms with Crippen molar-refractivity contribution in [1.29, 1.82) is 0 Å². The van der Waals surface area contributed by atoms with E-state index < -0.39 is 5.60 Å². The summed E-state index contributed by atoms with van der Waals surface area (Å²) in [5.41, 5.74) is 2.12. The molecule has 0 aliphatic carbocycles. The molecule has 0 bridgehead atoms. The zero-order valence-corrected chi connectivity index (χ0v) is 12.8. The van der Waals surface area contributed by atoms with Crippen molar-refractivity contribution in [2.24, 2.45) is 0 Å². The predicted molar refractivity (Wildman–Crippen MR) is 79.6 cm³/mol. The van der Waals surface area contributed by atoms with Crippen LogP contribution in [0.4, 0.5) is 4.79 Å². The third-order valence-corrected chi connectivity index (χ3v) is 3.25. The monoisotopic (exact) mass is 276 g/mol. The third kappa shape index (κ3) is 4.23. The standard InChI is InChI=1S/C16H24N2O2/c1-12-5-7-13(8-6-12)9-17-14-10-18(11-14)15(19)20-16(2,3)4/h5-8,14,17H,9-11H2,1-4H3. The number of carbonyl (C=O) groups is 1. The molecule has 2 rings (SSSR count). The molecule has 1 amide bonds. The van der Waals surface area contributed by atoms with Gasteiger partial charge in [-0.05, 0) is 33.3 Å². The second kappa shape index (κ2) is 5.83. The van der Waals surface area contributed by atoms with Crippen molar-refractivity contribution >= 4 is 6.09 Å². The fourth-order valence-electron chi connectivity index (χ4n) is 2.05. The van der Waals surface area contributed by atoms with Gasteiger partial charge >= 0.3 is 6.09 Å². The number of carbonyl (C=O) groups excluding carboxylic acids is 1. The van der Waals surface area contributed by atoms with Crippen LogP contribution in [-0.2, 0) is 11.3 Å². The number of rotatable bonds is 3. The maximum absolute atomic E-state index is 11.8. The van der Waals surface area contributed by atoms with Crippen LogP contribution in [0.1, 0.15) is 31.9 Å². The van der Waals surface area contributed by atoms with Crippen molar-refractivity contribution in [3.8, 4) is 0 Å². The first-order chi connectivity index (χ1) is 9.33. The van der Waals surface area contributed by atoms with Crippen LogP contribution in [0.25, 0.3) is 0 Å². The highest BCUT2D eigenvalue weighted by Gasteiger charge is 2.33. The summed E-state index contributed by atoms with van der Waals surface area (Å²) in [6, 6.07) is 8.86. The summed E-state index contributed by atoms with van der Waals surface area (Å²) in [5, 5.41) is 3.45. The van der Waals surface area contributed by atoms with E-state index in [-0.39, 0.29) is 6.09 Å². The summed E-state index contributed by atoms with van der Waals surface area (Å²) in [4.78, 5) is 13.5. The Bertz CT molecular complexity index is 456. The molecule has 4 heteroatoms. The molecular weight excluding hydrogens is 252 g/mol. The molecule has 0 unspecified atom stereocenters. The molecule has 1 aromatic rings. The van der Waals surface area contributed by atoms with Gasteiger partial charge in [0.25, 0.3) is 0 Å². The Morgan fingerprint density at radius 1 is 1.30 bits per heavy atom. The highest BCUT2D eigenvalue weighted by molar-refractivity contribution is 5.69. The first-order valence-corrected chi connectivity index (χ1v) is 7.10. The van der Waals surface area contributed by atoms with E-state index in [9.17, 15) is 4.79 Å². The van der Waals surface area contributed by atoms with E-state index in [1.807, 2.05) is 20.8 Å². The van der Waals surface area contributed by atoms with E-state index in [2.05, 4.69) is 36.5 Å². The second-order valence-corrected chi connectivity index (χ2v) is 6.45. The van der Waals surface area contributed by atoms with Crippen LogP contribution in [-0.4, -0.2) is 35.7 Å². The SMILES string of the molecule is Cc1ccc(CNC2CN(C(=O)OC(C)(C)C)C2)cc1. The molecule has 110 valence electrons. The van der Waals surface area contributed by atoms with E-state index in [1.165, 1.54) is 11.1 Å². The molecule has 1 aliphatic rings. The van der Waals surface area contributed by atoms with Gasteiger partial charge in [0.05, 0.1) is 0 Å². The molecule has 1 saturated heterocycles. The lowest BCUT2D eigenvalue weighted by molar-refractivity contribution is 0.00519. The average Bonchev–Trinajstić information content (AvgIpc) is 2.27. The topological polar surface area (TPSA) is 41.6 Å². The van der Waals surface area contributed by atoms with Gasteiger partial charge < -0.3 is 15.0 Å². The lowest BCUT2D eigenvalue weighted by Crippen LogP contribution is -2.60. The number of hydrogen-bond acceptors (Lipinski definition) is 3. The fourth-order valence-corrected chi connectivity index (χ4v) is 2.05. The van der Waals surface area contributed by atoms with Crippen molar-refractivity contribution in [2.45, 2.75) is 45.9 Å². The van der Waals surface area contributed by atoms with E-state index in [1.54, 1.807) is 4.90 Å². The van der Waals surface area contributed by atoms with Crippen molar-refractivity contribution in [1.82, 2.24) is 10.2 Å². The van der Waals surface area contributed by atoms with Crippen LogP contribution in [0, 0.1) is 6.92 Å². The Morgan fingerprint density at radius 2 is 1.90 bits per heavy atom. The third-order valence-electron chi connectivity index (χ3n) is 3.25. The summed E-state index contributed by atoms with van der Waals surface area (Å²) in [5.74, 6) is 0. The number of benzene rings is 1. The van der Waals surface area contributed by atoms with E-state index in [0.29, 0.717) is 6.04 Å². The van der Waals surface area contributed by atoms with Crippen LogP contribution in [0.3, 0.4) is 0 Å². The molecule has 0 atom stereocenters. The normalized spacial score (nSPS) is 15.9. The maximum atomic E-state index is 11.8. The summed E-state index contributed by atoms with van der Waals surface area (Å²) >= 11 is 0. The molecule has 1 fully saturated rings. The largest absolute Gasteiger partial charge is 0.444 e. The Morgan fingerprint density at radius 3 is 2.45 bits per heavy atom. The lowest BCUT2D eigenvalue weighted by atomic mass is 10.1. The minimum atomic E-state index is -0.419. The molecular formula is C16H24N2O2. The smallest absolute Gasteiger partial charge is 0.410 e. The van der Waals surface area contributed by atoms with Gasteiger partial charge in [-0.3, -0.25) is 0 Å². The number of aryl methyl sites for hydroxylation is 1. The minimum absolute atomic E-state index is 0.217. The Kier molecular flexibility index (Phi) is 4.33. The summed E-state index contributed by atoms with van der Waals surface area (Å²) in [6.45, 7) is 10.0. The van der Waals surface area contributed by atoms with Crippen LogP contribution in [0.2, 0.25) is 0 Å². The lowest BCUT2D eigenvalue weighted by Gasteiger charge is -2.40. The molecule has 0 aromatic heterocycles. The van der Waals surface area contributed by atoms with Crippen LogP contribution >= 0.6 is 0 Å². The number of amides is 1. The Balaban J connectivity index is 1.69. The van der Waals surface area contributed by atoms with Gasteiger partial charge in [0.2, 0.25) is 0 Å². The zero-order chi connectivity index (χ0) is 14.8. The van der Waals surface area contributed by atoms with Gasteiger partial charge in [0, 0.05) is 25.7 Å². The number of hydrogen-bond donors (Lipinski definition) is 1. The summed E-state index contributed by atoms with van der Waals surface area (Å²) in [7, 11) is 0. The molecule has 1 aliphatic heterocycles. The second-order valence-electron chi connectivity index (χ2n) is 6.45. The molecule has 0 radical (unpaired) electrons. The maximum Gasteiger partial charge on any atom is 0.410 e. The minimum Gasteiger partial charge on any atom is -0.444 e. The van der Waals surface area contributed by atoms with Gasteiger partial charge in [-0.15, -0.1) is 0 Å². The molecule has 0 saturated carbocycles. The molecule has 20 heavy (non-hydrogen) atoms. The Labute approximate surface area is 121 Å². The van der Waals surface area contributed by atoms with E-state index in [4.69, 9.17) is 4.74 Å². The highest BCUT2D eigenvalue weighted by Crippen LogP contribution is 2.15. The summed E-state index contributed by atoms with van der Waals surface area (Å²) in [6.07, 6.45) is -0.217. The number of ether oxygens (including phenoxy) is 1. The van der Waals surface area contributed by atoms with Crippen LogP contribution in [0.15, 0.2) is 24.3 Å². The van der Waals surface area contributed by atoms with Crippen molar-refractivity contribution in [2.75, 3.05) is 13.1 Å². The first-order valence-electron chi connectivity index (χ1n) is 7.10. The highest BCUT2D eigenvalue weighted by atomic mass is 16.6. The molecule has 4 nitrogen and oxygen atoms in total. The number of likely N-dealkylation sites (tertiary alicyclic amines) is 1. The fraction of sp³-hybridized carbons (Fsp3) is 0.562. The number of nitrogens with one attached hydrogen (secondary N) is 1. The van der Waals surface area contributed by atoms with Crippen molar-refractivity contribution in [3.05, 3.63) is 35.4 Å². The van der Waals surface area contributed by atoms with E-state index in [0.717, 1.165) is 19.6 Å². The predicted octanol–water partition coefficient (Wildman–Crippen LogP) is 2.70. The van der Waals surface area contributed by atoms with Gasteiger partial charge in [0.15, 0.2) is 0 Å². The average molecular weight is 276 g/mol. The molecule has 1 heterocycles. The molecule has 1 aromatic carbocycles. The van der Waals surface area contributed by atoms with Crippen LogP contribution < -0.4 is 5.32 Å². The molecule has 1 N–H and O–H groups in total. The van der Waals surface area contributed by atoms with Gasteiger partial charge in [-0.1, -0.05) is 29.8 Å². The zero-order valence-electron chi connectivity index (χ0n) is 12.8. The summed E-state index contributed by atoms with van der Waals surface area (Å²) < 4.78 is 5.33. The van der Waals surface area contributed by atoms with Crippen molar-refractivity contribution in [3.63, 3.8) is 0 Å². The van der Waals surface area contributed by atoms with Gasteiger partial charge in [-0.25, -0.2) is 4.79 Å². The number of nitrogens with zero attached hydrogens (tertiary/aromatic N) is 1. The molecule has 0 spiro atoms. The van der Waals surface area contributed by atoms with Gasteiger partial charge in [0.1, 0.15) is 5.60 Å². The van der Waals surface area contributed by atoms with E-state index >= 15 is 0 Å². The van der Waals surface area contributed by atoms with Gasteiger partial charge in [-0.2, -0.15) is 0 Å². The quantitative estimate of drug-likeness (QED) is 0.923. The first kappa shape index (κ1) is 14.9. The van der Waals surface area contributed by atoms with Crippen molar-refractivity contribution < 1.29 is 9.53 Å². The Hall–Kier alpha value is -1.55. The van der Waals surface area contributed by atoms with Crippen LogP contribution in [0.5, 0.6) is 0 Å².